The van der Waals surface area contributed by atoms with Crippen LogP contribution in [-0.4, -0.2) is 55.2 Å². The molecule has 1 atom stereocenters. The molecule has 1 unspecified atom stereocenters. The zero-order valence-electron chi connectivity index (χ0n) is 16.0. The second kappa shape index (κ2) is 8.69. The highest BCUT2D eigenvalue weighted by atomic mass is 35.5. The Labute approximate surface area is 163 Å². The van der Waals surface area contributed by atoms with Gasteiger partial charge in [0.1, 0.15) is 0 Å². The molecule has 2 rings (SSSR count). The molecule has 0 aliphatic carbocycles. The summed E-state index contributed by atoms with van der Waals surface area (Å²) in [6.07, 6.45) is 1.45. The number of nitrogens with zero attached hydrogens (tertiary/aromatic N) is 2. The van der Waals surface area contributed by atoms with Crippen LogP contribution in [0.15, 0.2) is 23.1 Å². The molecule has 26 heavy (non-hydrogen) atoms. The van der Waals surface area contributed by atoms with Gasteiger partial charge in [0.2, 0.25) is 15.9 Å². The fraction of sp³-hybridized carbons (Fsp3) is 0.611. The number of hydrogen-bond donors (Lipinski definition) is 1. The van der Waals surface area contributed by atoms with Crippen molar-refractivity contribution in [1.29, 1.82) is 0 Å². The first-order valence-corrected chi connectivity index (χ1v) is 10.2. The van der Waals surface area contributed by atoms with Crippen LogP contribution >= 0.6 is 12.4 Å². The number of rotatable bonds is 5. The quantitative estimate of drug-likeness (QED) is 0.815. The highest BCUT2D eigenvalue weighted by Crippen LogP contribution is 2.23. The Bertz CT molecular complexity index is 742. The van der Waals surface area contributed by atoms with Gasteiger partial charge in [-0.05, 0) is 44.4 Å². The van der Waals surface area contributed by atoms with Crippen LogP contribution in [-0.2, 0) is 14.8 Å². The molecule has 2 N–H and O–H groups in total. The van der Waals surface area contributed by atoms with Crippen LogP contribution in [0.5, 0.6) is 0 Å². The van der Waals surface area contributed by atoms with Gasteiger partial charge in [0.05, 0.1) is 10.4 Å². The Morgan fingerprint density at radius 3 is 2.31 bits per heavy atom. The average Bonchev–Trinajstić information content (AvgIpc) is 2.56. The van der Waals surface area contributed by atoms with Crippen molar-refractivity contribution in [2.45, 2.75) is 51.0 Å². The number of amides is 1. The van der Waals surface area contributed by atoms with Crippen molar-refractivity contribution in [3.05, 3.63) is 29.3 Å². The van der Waals surface area contributed by atoms with Crippen molar-refractivity contribution in [1.82, 2.24) is 9.21 Å². The molecular formula is C18H30ClN3O3S. The van der Waals surface area contributed by atoms with Gasteiger partial charge >= 0.3 is 0 Å². The standard InChI is InChI=1S/C18H29N3O3S.ClH/c1-5-8-18(4,19)17(22)20-9-11-21(12-10-20)25(23,24)16-13-14(2)6-7-15(16)3;/h6-7,13H,5,8-12,19H2,1-4H3;1H. The Morgan fingerprint density at radius 2 is 1.77 bits per heavy atom. The average molecular weight is 404 g/mol. The maximum absolute atomic E-state index is 12.9. The lowest BCUT2D eigenvalue weighted by atomic mass is 9.95. The van der Waals surface area contributed by atoms with E-state index in [-0.39, 0.29) is 18.3 Å². The predicted molar refractivity (Wildman–Crippen MR) is 106 cm³/mol. The maximum Gasteiger partial charge on any atom is 0.243 e. The molecule has 148 valence electrons. The summed E-state index contributed by atoms with van der Waals surface area (Å²) in [6.45, 7) is 8.76. The smallest absolute Gasteiger partial charge is 0.243 e. The summed E-state index contributed by atoms with van der Waals surface area (Å²) in [5.41, 5.74) is 6.89. The zero-order chi connectivity index (χ0) is 18.8. The number of piperazine rings is 1. The minimum atomic E-state index is -3.55. The molecule has 0 radical (unpaired) electrons. The van der Waals surface area contributed by atoms with Crippen LogP contribution in [0, 0.1) is 13.8 Å². The fourth-order valence-corrected chi connectivity index (χ4v) is 4.98. The first kappa shape index (κ1) is 22.9. The second-order valence-electron chi connectivity index (χ2n) is 7.13. The Hall–Kier alpha value is -1.15. The summed E-state index contributed by atoms with van der Waals surface area (Å²) in [5, 5.41) is 0. The van der Waals surface area contributed by atoms with Gasteiger partial charge in [-0.3, -0.25) is 4.79 Å². The Balaban J connectivity index is 0.00000338. The number of aryl methyl sites for hydroxylation is 2. The normalized spacial score (nSPS) is 18.1. The lowest BCUT2D eigenvalue weighted by Crippen LogP contribution is -2.58. The molecule has 1 aliphatic rings. The monoisotopic (exact) mass is 403 g/mol. The number of nitrogens with two attached hydrogens (primary N) is 1. The summed E-state index contributed by atoms with van der Waals surface area (Å²) in [5.74, 6) is -0.0989. The van der Waals surface area contributed by atoms with E-state index in [1.165, 1.54) is 4.31 Å². The van der Waals surface area contributed by atoms with E-state index in [4.69, 9.17) is 5.73 Å². The van der Waals surface area contributed by atoms with Crippen LogP contribution in [0.25, 0.3) is 0 Å². The summed E-state index contributed by atoms with van der Waals surface area (Å²) >= 11 is 0. The molecule has 1 heterocycles. The number of carbonyl (C=O) groups is 1. The van der Waals surface area contributed by atoms with E-state index >= 15 is 0 Å². The third-order valence-corrected chi connectivity index (χ3v) is 6.79. The zero-order valence-corrected chi connectivity index (χ0v) is 17.6. The van der Waals surface area contributed by atoms with E-state index in [2.05, 4.69) is 0 Å². The lowest BCUT2D eigenvalue weighted by Gasteiger charge is -2.38. The summed E-state index contributed by atoms with van der Waals surface area (Å²) in [7, 11) is -3.55. The summed E-state index contributed by atoms with van der Waals surface area (Å²) in [4.78, 5) is 14.6. The van der Waals surface area contributed by atoms with Crippen LogP contribution in [0.1, 0.15) is 37.8 Å². The topological polar surface area (TPSA) is 83.7 Å². The van der Waals surface area contributed by atoms with Crippen molar-refractivity contribution >= 4 is 28.3 Å². The molecule has 1 aliphatic heterocycles. The molecule has 1 fully saturated rings. The van der Waals surface area contributed by atoms with Gasteiger partial charge in [-0.15, -0.1) is 12.4 Å². The van der Waals surface area contributed by atoms with Crippen LogP contribution in [0.4, 0.5) is 0 Å². The molecule has 1 aromatic rings. The number of halogens is 1. The minimum absolute atomic E-state index is 0. The number of carbonyl (C=O) groups excluding carboxylic acids is 1. The van der Waals surface area contributed by atoms with E-state index in [0.717, 1.165) is 17.5 Å². The first-order chi connectivity index (χ1) is 11.6. The van der Waals surface area contributed by atoms with Gasteiger partial charge in [0.25, 0.3) is 0 Å². The van der Waals surface area contributed by atoms with Gasteiger partial charge in [0, 0.05) is 26.2 Å². The molecule has 0 spiro atoms. The van der Waals surface area contributed by atoms with E-state index in [0.29, 0.717) is 37.5 Å². The molecule has 1 saturated heterocycles. The van der Waals surface area contributed by atoms with Crippen molar-refractivity contribution < 1.29 is 13.2 Å². The van der Waals surface area contributed by atoms with Crippen LogP contribution in [0.3, 0.4) is 0 Å². The SMILES string of the molecule is CCCC(C)(N)C(=O)N1CCN(S(=O)(=O)c2cc(C)ccc2C)CC1.Cl. The summed E-state index contributed by atoms with van der Waals surface area (Å²) in [6, 6.07) is 5.44. The molecule has 0 aromatic heterocycles. The molecule has 0 bridgehead atoms. The van der Waals surface area contributed by atoms with Crippen molar-refractivity contribution in [3.8, 4) is 0 Å². The highest BCUT2D eigenvalue weighted by Gasteiger charge is 2.36. The molecular weight excluding hydrogens is 374 g/mol. The van der Waals surface area contributed by atoms with Crippen LogP contribution in [0.2, 0.25) is 0 Å². The third-order valence-electron chi connectivity index (χ3n) is 4.75. The second-order valence-corrected chi connectivity index (χ2v) is 9.04. The van der Waals surface area contributed by atoms with Gasteiger partial charge in [-0.2, -0.15) is 4.31 Å². The van der Waals surface area contributed by atoms with Gasteiger partial charge in [-0.25, -0.2) is 8.42 Å². The highest BCUT2D eigenvalue weighted by molar-refractivity contribution is 7.89. The molecule has 1 aromatic carbocycles. The minimum Gasteiger partial charge on any atom is -0.338 e. The first-order valence-electron chi connectivity index (χ1n) is 8.75. The van der Waals surface area contributed by atoms with Crippen molar-refractivity contribution in [2.75, 3.05) is 26.2 Å². The van der Waals surface area contributed by atoms with Crippen LogP contribution < -0.4 is 5.73 Å². The van der Waals surface area contributed by atoms with Crippen molar-refractivity contribution in [3.63, 3.8) is 0 Å². The summed E-state index contributed by atoms with van der Waals surface area (Å²) < 4.78 is 27.3. The predicted octanol–water partition coefficient (Wildman–Crippen LogP) is 2.08. The largest absolute Gasteiger partial charge is 0.338 e. The van der Waals surface area contributed by atoms with E-state index in [1.807, 2.05) is 26.0 Å². The Morgan fingerprint density at radius 1 is 1.19 bits per heavy atom. The molecule has 8 heteroatoms. The maximum atomic E-state index is 12.9. The van der Waals surface area contributed by atoms with Gasteiger partial charge < -0.3 is 10.6 Å². The number of benzene rings is 1. The molecule has 1 amide bonds. The molecule has 6 nitrogen and oxygen atoms in total. The number of sulfonamides is 1. The lowest BCUT2D eigenvalue weighted by molar-refractivity contribution is -0.137. The van der Waals surface area contributed by atoms with E-state index < -0.39 is 15.6 Å². The van der Waals surface area contributed by atoms with Gasteiger partial charge in [0.15, 0.2) is 0 Å². The van der Waals surface area contributed by atoms with E-state index in [9.17, 15) is 13.2 Å². The third kappa shape index (κ3) is 4.76. The Kier molecular flexibility index (Phi) is 7.65. The number of hydrogen-bond acceptors (Lipinski definition) is 4. The fourth-order valence-electron chi connectivity index (χ4n) is 3.24. The van der Waals surface area contributed by atoms with E-state index in [1.54, 1.807) is 24.8 Å². The van der Waals surface area contributed by atoms with Gasteiger partial charge in [-0.1, -0.05) is 25.5 Å². The molecule has 0 saturated carbocycles. The van der Waals surface area contributed by atoms with Crippen molar-refractivity contribution in [2.24, 2.45) is 5.73 Å².